The smallest absolute Gasteiger partial charge is 0.203 e. The van der Waals surface area contributed by atoms with Crippen LogP contribution in [0.5, 0.6) is 0 Å². The van der Waals surface area contributed by atoms with Gasteiger partial charge in [-0.25, -0.2) is 0 Å². The van der Waals surface area contributed by atoms with Crippen molar-refractivity contribution < 1.29 is 0 Å². The molecule has 0 atom stereocenters. The molecule has 2 aromatic heterocycles. The lowest BCUT2D eigenvalue weighted by Crippen LogP contribution is -2.00. The summed E-state index contributed by atoms with van der Waals surface area (Å²) >= 11 is 1.38. The average Bonchev–Trinajstić information content (AvgIpc) is 3.12. The highest BCUT2D eigenvalue weighted by Crippen LogP contribution is 2.21. The fraction of sp³-hybridized carbons (Fsp3) is 0.267. The maximum absolute atomic E-state index is 4.53. The maximum atomic E-state index is 4.53. The molecule has 0 unspecified atom stereocenters. The number of hydrogen-bond acceptors (Lipinski definition) is 5. The molecule has 3 aromatic rings. The lowest BCUT2D eigenvalue weighted by molar-refractivity contribution is 0.746. The van der Waals surface area contributed by atoms with Crippen LogP contribution < -0.4 is 5.32 Å². The third-order valence-corrected chi connectivity index (χ3v) is 3.89. The molecule has 2 heterocycles. The summed E-state index contributed by atoms with van der Waals surface area (Å²) in [6.07, 6.45) is 2.98. The normalized spacial score (nSPS) is 10.8. The first-order chi connectivity index (χ1) is 10.3. The van der Waals surface area contributed by atoms with Gasteiger partial charge in [-0.05, 0) is 6.42 Å². The van der Waals surface area contributed by atoms with Crippen LogP contribution in [0, 0.1) is 0 Å². The Morgan fingerprint density at radius 3 is 2.81 bits per heavy atom. The number of anilines is 1. The number of benzene rings is 1. The minimum atomic E-state index is 0.723. The zero-order valence-electron chi connectivity index (χ0n) is 12.1. The van der Waals surface area contributed by atoms with Gasteiger partial charge < -0.3 is 5.32 Å². The molecule has 0 bridgehead atoms. The van der Waals surface area contributed by atoms with Crippen LogP contribution >= 0.6 is 11.5 Å². The van der Waals surface area contributed by atoms with E-state index in [4.69, 9.17) is 0 Å². The van der Waals surface area contributed by atoms with Gasteiger partial charge in [0.2, 0.25) is 5.13 Å². The topological polar surface area (TPSA) is 55.6 Å². The molecular weight excluding hydrogens is 282 g/mol. The van der Waals surface area contributed by atoms with Crippen molar-refractivity contribution in [2.24, 2.45) is 7.05 Å². The first-order valence-corrected chi connectivity index (χ1v) is 7.68. The predicted octanol–water partition coefficient (Wildman–Crippen LogP) is 3.11. The summed E-state index contributed by atoms with van der Waals surface area (Å²) in [5.41, 5.74) is 3.37. The Morgan fingerprint density at radius 2 is 2.05 bits per heavy atom. The van der Waals surface area contributed by atoms with Crippen molar-refractivity contribution in [3.8, 4) is 11.4 Å². The second-order valence-electron chi connectivity index (χ2n) is 4.77. The van der Waals surface area contributed by atoms with Crippen LogP contribution in [0.1, 0.15) is 18.2 Å². The lowest BCUT2D eigenvalue weighted by Gasteiger charge is -2.01. The number of aryl methyl sites for hydroxylation is 2. The van der Waals surface area contributed by atoms with E-state index >= 15 is 0 Å². The SMILES string of the molecule is CCc1nn(C)cc1CNc1nc(-c2ccccc2)ns1. The van der Waals surface area contributed by atoms with Crippen molar-refractivity contribution in [1.29, 1.82) is 0 Å². The zero-order valence-corrected chi connectivity index (χ0v) is 12.9. The molecule has 21 heavy (non-hydrogen) atoms. The van der Waals surface area contributed by atoms with Crippen LogP contribution in [0.2, 0.25) is 0 Å². The summed E-state index contributed by atoms with van der Waals surface area (Å²) in [5.74, 6) is 0.769. The Hall–Kier alpha value is -2.21. The van der Waals surface area contributed by atoms with Gasteiger partial charge in [0.15, 0.2) is 5.82 Å². The summed E-state index contributed by atoms with van der Waals surface area (Å²) in [6, 6.07) is 10.0. The summed E-state index contributed by atoms with van der Waals surface area (Å²) in [5, 5.41) is 8.60. The molecule has 1 N–H and O–H groups in total. The number of aromatic nitrogens is 4. The quantitative estimate of drug-likeness (QED) is 0.786. The van der Waals surface area contributed by atoms with E-state index in [2.05, 4.69) is 26.7 Å². The highest BCUT2D eigenvalue weighted by atomic mass is 32.1. The Labute approximate surface area is 127 Å². The van der Waals surface area contributed by atoms with E-state index in [0.717, 1.165) is 35.2 Å². The maximum Gasteiger partial charge on any atom is 0.203 e. The summed E-state index contributed by atoms with van der Waals surface area (Å²) in [4.78, 5) is 4.53. The molecule has 0 amide bonds. The van der Waals surface area contributed by atoms with Crippen molar-refractivity contribution >= 4 is 16.7 Å². The minimum absolute atomic E-state index is 0.723. The molecule has 6 heteroatoms. The van der Waals surface area contributed by atoms with Crippen LogP contribution in [-0.4, -0.2) is 19.1 Å². The van der Waals surface area contributed by atoms with Crippen molar-refractivity contribution in [3.05, 3.63) is 47.8 Å². The number of nitrogens with one attached hydrogen (secondary N) is 1. The van der Waals surface area contributed by atoms with Crippen molar-refractivity contribution in [2.75, 3.05) is 5.32 Å². The molecule has 108 valence electrons. The lowest BCUT2D eigenvalue weighted by atomic mass is 10.2. The van der Waals surface area contributed by atoms with Gasteiger partial charge >= 0.3 is 0 Å². The standard InChI is InChI=1S/C15H17N5S/c1-3-13-12(10-20(2)18-13)9-16-15-17-14(19-21-15)11-7-5-4-6-8-11/h4-8,10H,3,9H2,1-2H3,(H,16,17,19). The number of rotatable bonds is 5. The molecule has 1 aromatic carbocycles. The van der Waals surface area contributed by atoms with Crippen molar-refractivity contribution in [2.45, 2.75) is 19.9 Å². The van der Waals surface area contributed by atoms with Crippen LogP contribution in [0.25, 0.3) is 11.4 Å². The first-order valence-electron chi connectivity index (χ1n) is 6.90. The number of hydrogen-bond donors (Lipinski definition) is 1. The van der Waals surface area contributed by atoms with Gasteiger partial charge in [0.05, 0.1) is 5.69 Å². The molecular formula is C15H17N5S. The Balaban J connectivity index is 1.70. The van der Waals surface area contributed by atoms with Crippen LogP contribution in [0.15, 0.2) is 36.5 Å². The molecule has 0 aliphatic rings. The van der Waals surface area contributed by atoms with Gasteiger partial charge in [-0.3, -0.25) is 4.68 Å². The van der Waals surface area contributed by atoms with Crippen molar-refractivity contribution in [3.63, 3.8) is 0 Å². The zero-order chi connectivity index (χ0) is 14.7. The van der Waals surface area contributed by atoms with E-state index in [0.29, 0.717) is 0 Å². The third-order valence-electron chi connectivity index (χ3n) is 3.21. The van der Waals surface area contributed by atoms with Gasteiger partial charge in [-0.15, -0.1) is 0 Å². The van der Waals surface area contributed by atoms with Gasteiger partial charge in [0.25, 0.3) is 0 Å². The van der Waals surface area contributed by atoms with E-state index in [1.807, 2.05) is 48.3 Å². The van der Waals surface area contributed by atoms with E-state index in [9.17, 15) is 0 Å². The summed E-state index contributed by atoms with van der Waals surface area (Å²) in [6.45, 7) is 2.84. The summed E-state index contributed by atoms with van der Waals surface area (Å²) < 4.78 is 6.25. The fourth-order valence-electron chi connectivity index (χ4n) is 2.20. The van der Waals surface area contributed by atoms with Crippen molar-refractivity contribution in [1.82, 2.24) is 19.1 Å². The molecule has 3 rings (SSSR count). The van der Waals surface area contributed by atoms with E-state index in [-0.39, 0.29) is 0 Å². The predicted molar refractivity (Wildman–Crippen MR) is 85.3 cm³/mol. The van der Waals surface area contributed by atoms with Crippen LogP contribution in [0.3, 0.4) is 0 Å². The molecule has 0 aliphatic carbocycles. The largest absolute Gasteiger partial charge is 0.356 e. The van der Waals surface area contributed by atoms with Gasteiger partial charge in [-0.2, -0.15) is 14.5 Å². The van der Waals surface area contributed by atoms with E-state index in [1.165, 1.54) is 17.1 Å². The second kappa shape index (κ2) is 6.05. The Morgan fingerprint density at radius 1 is 1.24 bits per heavy atom. The highest BCUT2D eigenvalue weighted by Gasteiger charge is 2.08. The average molecular weight is 299 g/mol. The van der Waals surface area contributed by atoms with Gasteiger partial charge in [0, 0.05) is 42.4 Å². The Bertz CT molecular complexity index is 717. The monoisotopic (exact) mass is 299 g/mol. The molecule has 0 saturated heterocycles. The fourth-order valence-corrected chi connectivity index (χ4v) is 2.78. The van der Waals surface area contributed by atoms with E-state index in [1.54, 1.807) is 0 Å². The molecule has 0 radical (unpaired) electrons. The minimum Gasteiger partial charge on any atom is -0.356 e. The molecule has 5 nitrogen and oxygen atoms in total. The first kappa shape index (κ1) is 13.8. The molecule has 0 saturated carbocycles. The Kier molecular flexibility index (Phi) is 3.96. The van der Waals surface area contributed by atoms with E-state index < -0.39 is 0 Å². The summed E-state index contributed by atoms with van der Waals surface area (Å²) in [7, 11) is 1.95. The van der Waals surface area contributed by atoms with Crippen LogP contribution in [0.4, 0.5) is 5.13 Å². The molecule has 0 spiro atoms. The molecule has 0 aliphatic heterocycles. The molecule has 0 fully saturated rings. The highest BCUT2D eigenvalue weighted by molar-refractivity contribution is 7.09. The second-order valence-corrected chi connectivity index (χ2v) is 5.52. The van der Waals surface area contributed by atoms with Gasteiger partial charge in [-0.1, -0.05) is 37.3 Å². The van der Waals surface area contributed by atoms with Crippen LogP contribution in [-0.2, 0) is 20.0 Å². The van der Waals surface area contributed by atoms with Gasteiger partial charge in [0.1, 0.15) is 0 Å². The number of nitrogens with zero attached hydrogens (tertiary/aromatic N) is 4. The third kappa shape index (κ3) is 3.11.